The van der Waals surface area contributed by atoms with Gasteiger partial charge in [-0.3, -0.25) is 19.7 Å². The smallest absolute Gasteiger partial charge is 0.285 e. The van der Waals surface area contributed by atoms with Gasteiger partial charge in [-0.25, -0.2) is 0 Å². The second kappa shape index (κ2) is 7.12. The fourth-order valence-electron chi connectivity index (χ4n) is 2.37. The summed E-state index contributed by atoms with van der Waals surface area (Å²) in [5.74, 6) is -1.74. The summed E-state index contributed by atoms with van der Waals surface area (Å²) in [7, 11) is 0. The van der Waals surface area contributed by atoms with Crippen LogP contribution in [0.5, 0.6) is 5.75 Å². The zero-order valence-electron chi connectivity index (χ0n) is 14.0. The van der Waals surface area contributed by atoms with E-state index in [2.05, 4.69) is 15.3 Å². The van der Waals surface area contributed by atoms with Crippen molar-refractivity contribution >= 4 is 28.9 Å². The molecule has 2 aromatic carbocycles. The number of phenolic OH excluding ortho intramolecular Hbond substituents is 1. The van der Waals surface area contributed by atoms with E-state index in [1.54, 1.807) is 12.1 Å². The van der Waals surface area contributed by atoms with E-state index >= 15 is 0 Å². The lowest BCUT2D eigenvalue weighted by Crippen LogP contribution is -2.34. The van der Waals surface area contributed by atoms with E-state index in [1.165, 1.54) is 43.3 Å². The van der Waals surface area contributed by atoms with Crippen LogP contribution in [0.4, 0.5) is 11.4 Å². The lowest BCUT2D eigenvalue weighted by Gasteiger charge is -2.11. The molecule has 0 aliphatic carbocycles. The van der Waals surface area contributed by atoms with E-state index in [-0.39, 0.29) is 22.7 Å². The highest BCUT2D eigenvalue weighted by Crippen LogP contribution is 2.23. The number of benzene rings is 2. The number of nitrogens with zero attached hydrogens (tertiary/aromatic N) is 5. The molecule has 2 aromatic rings. The van der Waals surface area contributed by atoms with Crippen molar-refractivity contribution in [1.82, 2.24) is 5.01 Å². The van der Waals surface area contributed by atoms with Gasteiger partial charge in [-0.1, -0.05) is 12.1 Å². The molecular weight excluding hydrogens is 354 g/mol. The van der Waals surface area contributed by atoms with E-state index in [1.807, 2.05) is 0 Å². The third kappa shape index (κ3) is 3.54. The van der Waals surface area contributed by atoms with Crippen LogP contribution in [-0.2, 0) is 4.79 Å². The van der Waals surface area contributed by atoms with Crippen molar-refractivity contribution in [2.75, 3.05) is 0 Å². The third-order valence-corrected chi connectivity index (χ3v) is 3.77. The van der Waals surface area contributed by atoms with Gasteiger partial charge in [0.1, 0.15) is 5.75 Å². The molecule has 0 saturated carbocycles. The summed E-state index contributed by atoms with van der Waals surface area (Å²) < 4.78 is 0. The van der Waals surface area contributed by atoms with Gasteiger partial charge in [0.25, 0.3) is 17.5 Å². The lowest BCUT2D eigenvalue weighted by molar-refractivity contribution is -0.384. The molecule has 1 aliphatic heterocycles. The van der Waals surface area contributed by atoms with Crippen LogP contribution in [0.3, 0.4) is 0 Å². The topological polar surface area (TPSA) is 138 Å². The van der Waals surface area contributed by atoms with Gasteiger partial charge < -0.3 is 5.11 Å². The number of carbonyl (C=O) groups excluding carboxylic acids is 2. The molecule has 0 spiro atoms. The number of carbonyl (C=O) groups is 2. The van der Waals surface area contributed by atoms with Crippen LogP contribution in [0.1, 0.15) is 17.3 Å². The van der Waals surface area contributed by atoms with E-state index in [0.29, 0.717) is 10.7 Å². The number of nitro groups is 1. The molecule has 1 unspecified atom stereocenters. The Morgan fingerprint density at radius 3 is 2.52 bits per heavy atom. The number of hydrogen-bond acceptors (Lipinski definition) is 8. The predicted octanol–water partition coefficient (Wildman–Crippen LogP) is 2.81. The zero-order valence-corrected chi connectivity index (χ0v) is 14.0. The van der Waals surface area contributed by atoms with Crippen LogP contribution in [0.15, 0.2) is 63.9 Å². The van der Waals surface area contributed by atoms with Crippen LogP contribution in [-0.4, -0.2) is 38.6 Å². The van der Waals surface area contributed by atoms with E-state index in [4.69, 9.17) is 0 Å². The summed E-state index contributed by atoms with van der Waals surface area (Å²) in [4.78, 5) is 35.0. The summed E-state index contributed by atoms with van der Waals surface area (Å²) in [5.41, 5.74) is 0.416. The maximum atomic E-state index is 12.5. The van der Waals surface area contributed by atoms with Gasteiger partial charge in [0.2, 0.25) is 0 Å². The van der Waals surface area contributed by atoms with Gasteiger partial charge in [0, 0.05) is 12.1 Å². The van der Waals surface area contributed by atoms with Crippen LogP contribution in [0.2, 0.25) is 0 Å². The van der Waals surface area contributed by atoms with Gasteiger partial charge in [-0.15, -0.1) is 0 Å². The summed E-state index contributed by atoms with van der Waals surface area (Å²) in [5, 5.41) is 32.8. The molecule has 1 atom stereocenters. The Morgan fingerprint density at radius 1 is 1.22 bits per heavy atom. The Kier molecular flexibility index (Phi) is 4.71. The van der Waals surface area contributed by atoms with Gasteiger partial charge in [0.15, 0.2) is 6.04 Å². The normalized spacial score (nSPS) is 16.6. The van der Waals surface area contributed by atoms with Crippen LogP contribution in [0, 0.1) is 10.1 Å². The average Bonchev–Trinajstić information content (AvgIpc) is 2.94. The molecular formula is C17H13N5O5. The van der Waals surface area contributed by atoms with Crippen molar-refractivity contribution in [2.45, 2.75) is 13.0 Å². The summed E-state index contributed by atoms with van der Waals surface area (Å²) in [6.45, 7) is 1.52. The molecule has 10 nitrogen and oxygen atoms in total. The molecule has 3 rings (SSSR count). The number of aromatic hydroxyl groups is 1. The van der Waals surface area contributed by atoms with Crippen LogP contribution in [0.25, 0.3) is 0 Å². The van der Waals surface area contributed by atoms with Crippen LogP contribution >= 0.6 is 0 Å². The number of para-hydroxylation sites is 1. The SMILES string of the molecule is CC1=NN(C(=O)c2ccccc2O)C(=O)C1N=Nc1ccc([N+](=O)[O-])cc1. The number of nitro benzene ring substituents is 1. The maximum Gasteiger partial charge on any atom is 0.285 e. The number of amides is 2. The maximum absolute atomic E-state index is 12.5. The molecule has 2 amide bonds. The Balaban J connectivity index is 1.78. The molecule has 1 heterocycles. The highest BCUT2D eigenvalue weighted by atomic mass is 16.6. The molecule has 0 aromatic heterocycles. The number of rotatable bonds is 4. The number of hydrogen-bond donors (Lipinski definition) is 1. The van der Waals surface area contributed by atoms with Crippen molar-refractivity contribution in [2.24, 2.45) is 15.3 Å². The van der Waals surface area contributed by atoms with Gasteiger partial charge in [0.05, 0.1) is 21.9 Å². The van der Waals surface area contributed by atoms with Crippen molar-refractivity contribution in [1.29, 1.82) is 0 Å². The quantitative estimate of drug-likeness (QED) is 0.383. The third-order valence-electron chi connectivity index (χ3n) is 3.77. The van der Waals surface area contributed by atoms with Gasteiger partial charge in [-0.05, 0) is 31.2 Å². The summed E-state index contributed by atoms with van der Waals surface area (Å²) in [6.07, 6.45) is 0. The lowest BCUT2D eigenvalue weighted by atomic mass is 10.1. The molecule has 1 N–H and O–H groups in total. The molecule has 0 saturated heterocycles. The Labute approximate surface area is 152 Å². The molecule has 0 bridgehead atoms. The van der Waals surface area contributed by atoms with Crippen molar-refractivity contribution < 1.29 is 19.6 Å². The molecule has 136 valence electrons. The first kappa shape index (κ1) is 17.9. The van der Waals surface area contributed by atoms with E-state index in [9.17, 15) is 24.8 Å². The first-order valence-electron chi connectivity index (χ1n) is 7.75. The van der Waals surface area contributed by atoms with E-state index < -0.39 is 22.8 Å². The van der Waals surface area contributed by atoms with E-state index in [0.717, 1.165) is 0 Å². The number of imide groups is 1. The van der Waals surface area contributed by atoms with Crippen molar-refractivity contribution in [3.63, 3.8) is 0 Å². The molecule has 27 heavy (non-hydrogen) atoms. The monoisotopic (exact) mass is 367 g/mol. The molecule has 0 radical (unpaired) electrons. The van der Waals surface area contributed by atoms with Gasteiger partial charge in [-0.2, -0.15) is 20.3 Å². The number of non-ortho nitro benzene ring substituents is 1. The zero-order chi connectivity index (χ0) is 19.6. The largest absolute Gasteiger partial charge is 0.507 e. The highest BCUT2D eigenvalue weighted by molar-refractivity contribution is 6.18. The first-order chi connectivity index (χ1) is 12.9. The second-order valence-electron chi connectivity index (χ2n) is 5.61. The first-order valence-corrected chi connectivity index (χ1v) is 7.75. The van der Waals surface area contributed by atoms with Gasteiger partial charge >= 0.3 is 0 Å². The average molecular weight is 367 g/mol. The Hall–Kier alpha value is -3.95. The van der Waals surface area contributed by atoms with Crippen molar-refractivity contribution in [3.05, 3.63) is 64.2 Å². The fourth-order valence-corrected chi connectivity index (χ4v) is 2.37. The highest BCUT2D eigenvalue weighted by Gasteiger charge is 2.38. The number of hydrazone groups is 1. The Morgan fingerprint density at radius 2 is 1.89 bits per heavy atom. The Bertz CT molecular complexity index is 983. The molecule has 10 heteroatoms. The standard InChI is InChI=1S/C17H13N5O5/c1-10-15(19-18-11-6-8-12(9-7-11)22(26)27)17(25)21(20-10)16(24)13-4-2-3-5-14(13)23/h2-9,15,23H,1H3. The van der Waals surface area contributed by atoms with Crippen molar-refractivity contribution in [3.8, 4) is 5.75 Å². The minimum atomic E-state index is -1.09. The second-order valence-corrected chi connectivity index (χ2v) is 5.61. The minimum absolute atomic E-state index is 0.0599. The molecule has 0 fully saturated rings. The summed E-state index contributed by atoms with van der Waals surface area (Å²) >= 11 is 0. The van der Waals surface area contributed by atoms with Crippen LogP contribution < -0.4 is 0 Å². The predicted molar refractivity (Wildman–Crippen MR) is 93.8 cm³/mol. The fraction of sp³-hybridized carbons (Fsp3) is 0.118. The number of phenols is 1. The number of azo groups is 1. The minimum Gasteiger partial charge on any atom is -0.507 e. The summed E-state index contributed by atoms with van der Waals surface area (Å²) in [6, 6.07) is 10.0. The molecule has 1 aliphatic rings.